The molecule has 1 amide bonds. The van der Waals surface area contributed by atoms with Gasteiger partial charge in [0.15, 0.2) is 0 Å². The van der Waals surface area contributed by atoms with Gasteiger partial charge in [-0.1, -0.05) is 6.07 Å². The lowest BCUT2D eigenvalue weighted by Crippen LogP contribution is -2.20. The van der Waals surface area contributed by atoms with Gasteiger partial charge in [0.1, 0.15) is 22.7 Å². The molecule has 2 N–H and O–H groups in total. The lowest BCUT2D eigenvalue weighted by atomic mass is 9.87. The Bertz CT molecular complexity index is 1020. The summed E-state index contributed by atoms with van der Waals surface area (Å²) in [5.74, 6) is 0.0706. The van der Waals surface area contributed by atoms with Crippen molar-refractivity contribution in [3.63, 3.8) is 0 Å². The van der Waals surface area contributed by atoms with Crippen LogP contribution in [0, 0.1) is 5.92 Å². The van der Waals surface area contributed by atoms with Gasteiger partial charge in [0.05, 0.1) is 12.2 Å². The van der Waals surface area contributed by atoms with Crippen LogP contribution in [0.1, 0.15) is 54.3 Å². The molecule has 0 radical (unpaired) electrons. The van der Waals surface area contributed by atoms with E-state index in [4.69, 9.17) is 0 Å². The minimum absolute atomic E-state index is 0.0963. The third kappa shape index (κ3) is 4.24. The van der Waals surface area contributed by atoms with Crippen LogP contribution < -0.4 is 5.32 Å². The average molecular weight is 401 g/mol. The largest absolute Gasteiger partial charge is 0.396 e. The molecule has 3 aromatic rings. The summed E-state index contributed by atoms with van der Waals surface area (Å²) in [6.45, 7) is 0.232. The molecule has 0 aliphatic heterocycles. The summed E-state index contributed by atoms with van der Waals surface area (Å²) in [4.78, 5) is 20.2. The van der Waals surface area contributed by atoms with E-state index in [9.17, 15) is 18.7 Å². The Labute approximate surface area is 165 Å². The fourth-order valence-electron chi connectivity index (χ4n) is 3.67. The van der Waals surface area contributed by atoms with Crippen LogP contribution >= 0.6 is 0 Å². The fourth-order valence-corrected chi connectivity index (χ4v) is 3.67. The minimum Gasteiger partial charge on any atom is -0.396 e. The second-order valence-electron chi connectivity index (χ2n) is 7.30. The first-order valence-corrected chi connectivity index (χ1v) is 9.55. The average Bonchev–Trinajstić information content (AvgIpc) is 3.17. The van der Waals surface area contributed by atoms with Crippen molar-refractivity contribution in [2.75, 3.05) is 11.9 Å². The molecule has 4 rings (SSSR count). The Balaban J connectivity index is 1.49. The second-order valence-corrected chi connectivity index (χ2v) is 7.30. The normalized spacial score (nSPS) is 19.6. The van der Waals surface area contributed by atoms with Gasteiger partial charge < -0.3 is 10.4 Å². The summed E-state index contributed by atoms with van der Waals surface area (Å²) in [6.07, 6.45) is 4.62. The number of carbonyl (C=O) groups is 1. The Hall–Kier alpha value is -2.94. The number of anilines is 1. The van der Waals surface area contributed by atoms with E-state index >= 15 is 0 Å². The molecule has 0 aromatic carbocycles. The van der Waals surface area contributed by atoms with Gasteiger partial charge in [-0.15, -0.1) is 0 Å². The molecule has 0 atom stereocenters. The molecule has 1 aliphatic rings. The third-order valence-corrected chi connectivity index (χ3v) is 5.33. The Kier molecular flexibility index (Phi) is 5.48. The first kappa shape index (κ1) is 19.4. The second kappa shape index (κ2) is 8.20. The summed E-state index contributed by atoms with van der Waals surface area (Å²) < 4.78 is 27.5. The number of aromatic nitrogens is 4. The van der Waals surface area contributed by atoms with E-state index in [1.165, 1.54) is 18.2 Å². The molecule has 152 valence electrons. The minimum atomic E-state index is -2.74. The predicted octanol–water partition coefficient (Wildman–Crippen LogP) is 3.74. The topological polar surface area (TPSA) is 92.9 Å². The number of aliphatic hydroxyl groups is 1. The molecular formula is C20H21F2N5O2. The smallest absolute Gasteiger partial charge is 0.280 e. The molecule has 0 spiro atoms. The molecule has 29 heavy (non-hydrogen) atoms. The molecule has 1 fully saturated rings. The van der Waals surface area contributed by atoms with E-state index in [0.717, 1.165) is 31.1 Å². The highest BCUT2D eigenvalue weighted by Gasteiger charge is 2.23. The number of aliphatic hydroxyl groups excluding tert-OH is 1. The van der Waals surface area contributed by atoms with Crippen LogP contribution in [0.3, 0.4) is 0 Å². The van der Waals surface area contributed by atoms with Crippen molar-refractivity contribution in [2.24, 2.45) is 5.92 Å². The zero-order valence-corrected chi connectivity index (χ0v) is 15.6. The van der Waals surface area contributed by atoms with Crippen LogP contribution in [0.5, 0.6) is 0 Å². The molecule has 1 aliphatic carbocycles. The van der Waals surface area contributed by atoms with Crippen LogP contribution in [0.2, 0.25) is 0 Å². The lowest BCUT2D eigenvalue weighted by molar-refractivity contribution is 0.101. The lowest BCUT2D eigenvalue weighted by Gasteiger charge is -2.27. The van der Waals surface area contributed by atoms with Gasteiger partial charge in [-0.25, -0.2) is 18.7 Å². The van der Waals surface area contributed by atoms with E-state index < -0.39 is 18.0 Å². The number of alkyl halides is 2. The first-order valence-electron chi connectivity index (χ1n) is 9.55. The Morgan fingerprint density at radius 2 is 2.07 bits per heavy atom. The van der Waals surface area contributed by atoms with E-state index in [0.29, 0.717) is 17.3 Å². The van der Waals surface area contributed by atoms with Gasteiger partial charge >= 0.3 is 0 Å². The summed E-state index contributed by atoms with van der Waals surface area (Å²) in [5, 5.41) is 17.3. The van der Waals surface area contributed by atoms with E-state index in [2.05, 4.69) is 20.4 Å². The predicted molar refractivity (Wildman–Crippen MR) is 103 cm³/mol. The summed E-state index contributed by atoms with van der Waals surface area (Å²) in [7, 11) is 0. The third-order valence-electron chi connectivity index (χ3n) is 5.33. The standard InChI is InChI=1S/C20H21F2N5O2/c21-19(22)15-2-1-3-16(24-15)20(29)25-18-8-13-10-27(26-17(13)9-23-18)14-6-4-12(11-28)5-7-14/h1-3,8-10,12,14,19,28H,4-7,11H2,(H,25,29)/t12-,14-. The maximum atomic E-state index is 12.8. The van der Waals surface area contributed by atoms with Crippen molar-refractivity contribution in [1.82, 2.24) is 19.7 Å². The molecule has 3 heterocycles. The highest BCUT2D eigenvalue weighted by atomic mass is 19.3. The van der Waals surface area contributed by atoms with Crippen molar-refractivity contribution in [2.45, 2.75) is 38.2 Å². The van der Waals surface area contributed by atoms with E-state index in [-0.39, 0.29) is 18.3 Å². The molecule has 3 aromatic heterocycles. The monoisotopic (exact) mass is 401 g/mol. The summed E-state index contributed by atoms with van der Waals surface area (Å²) in [5.41, 5.74) is 0.171. The highest BCUT2D eigenvalue weighted by molar-refractivity contribution is 6.03. The molecule has 1 saturated carbocycles. The number of nitrogens with zero attached hydrogens (tertiary/aromatic N) is 4. The van der Waals surface area contributed by atoms with Crippen molar-refractivity contribution in [3.8, 4) is 0 Å². The van der Waals surface area contributed by atoms with Gasteiger partial charge in [0.2, 0.25) is 0 Å². The Morgan fingerprint density at radius 1 is 1.28 bits per heavy atom. The summed E-state index contributed by atoms with van der Waals surface area (Å²) >= 11 is 0. The van der Waals surface area contributed by atoms with Gasteiger partial charge in [0, 0.05) is 18.2 Å². The van der Waals surface area contributed by atoms with Gasteiger partial charge in [-0.05, 0) is 49.8 Å². The van der Waals surface area contributed by atoms with Gasteiger partial charge in [0.25, 0.3) is 12.3 Å². The fraction of sp³-hybridized carbons (Fsp3) is 0.400. The number of halogens is 2. The van der Waals surface area contributed by atoms with Crippen molar-refractivity contribution < 1.29 is 18.7 Å². The number of amides is 1. The number of hydrogen-bond acceptors (Lipinski definition) is 5. The van der Waals surface area contributed by atoms with Gasteiger partial charge in [-0.3, -0.25) is 9.48 Å². The number of fused-ring (bicyclic) bond motifs is 1. The quantitative estimate of drug-likeness (QED) is 0.679. The maximum Gasteiger partial charge on any atom is 0.280 e. The molecule has 0 bridgehead atoms. The molecular weight excluding hydrogens is 380 g/mol. The van der Waals surface area contributed by atoms with Crippen molar-refractivity contribution >= 4 is 22.6 Å². The zero-order valence-electron chi connectivity index (χ0n) is 15.6. The number of nitrogens with one attached hydrogen (secondary N) is 1. The first-order chi connectivity index (χ1) is 14.0. The van der Waals surface area contributed by atoms with E-state index in [1.54, 1.807) is 12.3 Å². The Morgan fingerprint density at radius 3 is 2.79 bits per heavy atom. The van der Waals surface area contributed by atoms with Crippen molar-refractivity contribution in [1.29, 1.82) is 0 Å². The van der Waals surface area contributed by atoms with Crippen LogP contribution in [0.4, 0.5) is 14.6 Å². The molecule has 0 unspecified atom stereocenters. The number of rotatable bonds is 5. The van der Waals surface area contributed by atoms with Crippen LogP contribution in [0.25, 0.3) is 10.9 Å². The number of hydrogen-bond donors (Lipinski definition) is 2. The highest BCUT2D eigenvalue weighted by Crippen LogP contribution is 2.32. The van der Waals surface area contributed by atoms with Gasteiger partial charge in [-0.2, -0.15) is 5.10 Å². The molecule has 9 heteroatoms. The molecule has 0 saturated heterocycles. The number of carbonyl (C=O) groups excluding carboxylic acids is 1. The van der Waals surface area contributed by atoms with E-state index in [1.807, 2.05) is 10.9 Å². The zero-order chi connectivity index (χ0) is 20.4. The number of pyridine rings is 2. The SMILES string of the molecule is O=C(Nc1cc2cn([C@H]3CC[C@H](CO)CC3)nc2cn1)c1cccc(C(F)F)n1. The van der Waals surface area contributed by atoms with Crippen LogP contribution in [-0.2, 0) is 0 Å². The molecule has 7 nitrogen and oxygen atoms in total. The van der Waals surface area contributed by atoms with Crippen molar-refractivity contribution in [3.05, 3.63) is 48.0 Å². The van der Waals surface area contributed by atoms with Crippen LogP contribution in [-0.4, -0.2) is 37.4 Å². The maximum absolute atomic E-state index is 12.8. The summed E-state index contributed by atoms with van der Waals surface area (Å²) in [6, 6.07) is 5.90. The van der Waals surface area contributed by atoms with Crippen LogP contribution in [0.15, 0.2) is 36.7 Å².